The highest BCUT2D eigenvalue weighted by molar-refractivity contribution is 7.11. The fourth-order valence-electron chi connectivity index (χ4n) is 2.46. The largest absolute Gasteiger partial charge is 0.491 e. The van der Waals surface area contributed by atoms with Gasteiger partial charge < -0.3 is 9.84 Å². The molecule has 0 amide bonds. The van der Waals surface area contributed by atoms with E-state index in [1.165, 1.54) is 9.75 Å². The standard InChI is InChI=1S/C19H27NO2S/c1-4-15(2)20(13-19-11-10-16(3)23-19)12-17(21)14-22-18-8-6-5-7-9-18/h5-11,15,17,21H,4,12-14H2,1-3H3/t15-,17-/m0/s1. The third-order valence-electron chi connectivity index (χ3n) is 4.00. The molecule has 2 atom stereocenters. The molecule has 3 nitrogen and oxygen atoms in total. The maximum atomic E-state index is 10.3. The Hall–Kier alpha value is -1.36. The van der Waals surface area contributed by atoms with Crippen molar-refractivity contribution in [3.8, 4) is 5.75 Å². The van der Waals surface area contributed by atoms with Crippen molar-refractivity contribution in [2.45, 2.75) is 45.9 Å². The third-order valence-corrected chi connectivity index (χ3v) is 4.99. The highest BCUT2D eigenvalue weighted by Gasteiger charge is 2.18. The van der Waals surface area contributed by atoms with Gasteiger partial charge >= 0.3 is 0 Å². The van der Waals surface area contributed by atoms with Crippen LogP contribution in [0.5, 0.6) is 5.75 Å². The molecule has 0 saturated carbocycles. The van der Waals surface area contributed by atoms with Crippen molar-refractivity contribution in [2.24, 2.45) is 0 Å². The van der Waals surface area contributed by atoms with Crippen LogP contribution in [0.3, 0.4) is 0 Å². The average molecular weight is 333 g/mol. The first-order chi connectivity index (χ1) is 11.1. The van der Waals surface area contributed by atoms with Gasteiger partial charge in [0.05, 0.1) is 0 Å². The van der Waals surface area contributed by atoms with Gasteiger partial charge in [-0.25, -0.2) is 0 Å². The van der Waals surface area contributed by atoms with E-state index in [9.17, 15) is 5.11 Å². The Kier molecular flexibility index (Phi) is 7.09. The Morgan fingerprint density at radius 2 is 1.91 bits per heavy atom. The van der Waals surface area contributed by atoms with Gasteiger partial charge in [0.1, 0.15) is 18.5 Å². The molecule has 0 spiro atoms. The monoisotopic (exact) mass is 333 g/mol. The third kappa shape index (κ3) is 5.98. The number of thiophene rings is 1. The number of hydrogen-bond donors (Lipinski definition) is 1. The Labute approximate surface area is 143 Å². The Morgan fingerprint density at radius 3 is 2.52 bits per heavy atom. The van der Waals surface area contributed by atoms with Gasteiger partial charge in [0.25, 0.3) is 0 Å². The van der Waals surface area contributed by atoms with Crippen LogP contribution in [0.4, 0.5) is 0 Å². The molecule has 1 aromatic heterocycles. The lowest BCUT2D eigenvalue weighted by Gasteiger charge is -2.30. The van der Waals surface area contributed by atoms with Crippen LogP contribution in [-0.4, -0.2) is 35.3 Å². The van der Waals surface area contributed by atoms with E-state index in [2.05, 4.69) is 37.8 Å². The molecule has 0 unspecified atom stereocenters. The van der Waals surface area contributed by atoms with Gasteiger partial charge in [-0.2, -0.15) is 0 Å². The molecule has 2 rings (SSSR count). The molecule has 23 heavy (non-hydrogen) atoms. The predicted octanol–water partition coefficient (Wildman–Crippen LogP) is 4.10. The molecule has 4 heteroatoms. The van der Waals surface area contributed by atoms with E-state index in [0.29, 0.717) is 19.2 Å². The second-order valence-electron chi connectivity index (χ2n) is 5.98. The van der Waals surface area contributed by atoms with Crippen molar-refractivity contribution in [3.63, 3.8) is 0 Å². The van der Waals surface area contributed by atoms with Crippen molar-refractivity contribution in [1.82, 2.24) is 4.90 Å². The summed E-state index contributed by atoms with van der Waals surface area (Å²) in [4.78, 5) is 5.01. The minimum atomic E-state index is -0.495. The number of para-hydroxylation sites is 1. The van der Waals surface area contributed by atoms with Crippen molar-refractivity contribution < 1.29 is 9.84 Å². The molecule has 0 bridgehead atoms. The van der Waals surface area contributed by atoms with E-state index >= 15 is 0 Å². The summed E-state index contributed by atoms with van der Waals surface area (Å²) in [5.41, 5.74) is 0. The number of nitrogens with zero attached hydrogens (tertiary/aromatic N) is 1. The molecule has 1 N–H and O–H groups in total. The number of ether oxygens (including phenoxy) is 1. The molecule has 0 saturated heterocycles. The molecule has 2 aromatic rings. The molecule has 0 aliphatic carbocycles. The zero-order valence-electron chi connectivity index (χ0n) is 14.2. The topological polar surface area (TPSA) is 32.7 Å². The Bertz CT molecular complexity index is 570. The summed E-state index contributed by atoms with van der Waals surface area (Å²) in [5.74, 6) is 0.801. The first kappa shape index (κ1) is 18.0. The molecule has 0 aliphatic heterocycles. The minimum Gasteiger partial charge on any atom is -0.491 e. The van der Waals surface area contributed by atoms with Crippen LogP contribution < -0.4 is 4.74 Å². The first-order valence-corrected chi connectivity index (χ1v) is 9.05. The normalized spacial score (nSPS) is 14.0. The summed E-state index contributed by atoms with van der Waals surface area (Å²) in [6.45, 7) is 8.36. The zero-order chi connectivity index (χ0) is 16.7. The van der Waals surface area contributed by atoms with E-state index in [1.54, 1.807) is 0 Å². The second-order valence-corrected chi connectivity index (χ2v) is 7.35. The zero-order valence-corrected chi connectivity index (χ0v) is 15.1. The fraction of sp³-hybridized carbons (Fsp3) is 0.474. The number of benzene rings is 1. The van der Waals surface area contributed by atoms with Gasteiger partial charge in [0.2, 0.25) is 0 Å². The summed E-state index contributed by atoms with van der Waals surface area (Å²) in [7, 11) is 0. The molecule has 126 valence electrons. The molecule has 0 radical (unpaired) electrons. The van der Waals surface area contributed by atoms with Gasteiger partial charge in [-0.05, 0) is 44.5 Å². The van der Waals surface area contributed by atoms with Gasteiger partial charge in [-0.3, -0.25) is 4.90 Å². The Morgan fingerprint density at radius 1 is 1.17 bits per heavy atom. The summed E-state index contributed by atoms with van der Waals surface area (Å²) < 4.78 is 5.66. The van der Waals surface area contributed by atoms with Gasteiger partial charge in [0, 0.05) is 28.9 Å². The summed E-state index contributed by atoms with van der Waals surface area (Å²) in [6.07, 6.45) is 0.571. The quantitative estimate of drug-likeness (QED) is 0.750. The summed E-state index contributed by atoms with van der Waals surface area (Å²) in [6, 6.07) is 14.4. The number of aliphatic hydroxyl groups excluding tert-OH is 1. The van der Waals surface area contributed by atoms with Crippen LogP contribution in [0.2, 0.25) is 0 Å². The van der Waals surface area contributed by atoms with Crippen LogP contribution in [0, 0.1) is 6.92 Å². The van der Waals surface area contributed by atoms with E-state index < -0.39 is 6.10 Å². The number of rotatable bonds is 9. The summed E-state index contributed by atoms with van der Waals surface area (Å²) in [5, 5.41) is 10.3. The number of aryl methyl sites for hydroxylation is 1. The highest BCUT2D eigenvalue weighted by atomic mass is 32.1. The SMILES string of the molecule is CC[C@H](C)N(Cc1ccc(C)s1)C[C@H](O)COc1ccccc1. The van der Waals surface area contributed by atoms with Crippen molar-refractivity contribution in [1.29, 1.82) is 0 Å². The molecule has 0 fully saturated rings. The van der Waals surface area contributed by atoms with E-state index in [1.807, 2.05) is 41.7 Å². The smallest absolute Gasteiger partial charge is 0.119 e. The van der Waals surface area contributed by atoms with Gasteiger partial charge in [-0.15, -0.1) is 11.3 Å². The van der Waals surface area contributed by atoms with Crippen molar-refractivity contribution in [3.05, 3.63) is 52.2 Å². The van der Waals surface area contributed by atoms with Gasteiger partial charge in [0.15, 0.2) is 0 Å². The molecule has 1 heterocycles. The van der Waals surface area contributed by atoms with Gasteiger partial charge in [-0.1, -0.05) is 25.1 Å². The molecule has 1 aromatic carbocycles. The number of aliphatic hydroxyl groups is 1. The first-order valence-electron chi connectivity index (χ1n) is 8.23. The highest BCUT2D eigenvalue weighted by Crippen LogP contribution is 2.19. The van der Waals surface area contributed by atoms with Crippen LogP contribution in [-0.2, 0) is 6.54 Å². The minimum absolute atomic E-state index is 0.320. The Balaban J connectivity index is 1.88. The van der Waals surface area contributed by atoms with E-state index in [4.69, 9.17) is 4.74 Å². The maximum absolute atomic E-state index is 10.3. The molecular weight excluding hydrogens is 306 g/mol. The lowest BCUT2D eigenvalue weighted by molar-refractivity contribution is 0.0510. The van der Waals surface area contributed by atoms with Crippen LogP contribution in [0.25, 0.3) is 0 Å². The van der Waals surface area contributed by atoms with Crippen LogP contribution >= 0.6 is 11.3 Å². The molecular formula is C19H27NO2S. The van der Waals surface area contributed by atoms with Crippen molar-refractivity contribution in [2.75, 3.05) is 13.2 Å². The maximum Gasteiger partial charge on any atom is 0.119 e. The van der Waals surface area contributed by atoms with Crippen LogP contribution in [0.1, 0.15) is 30.0 Å². The second kappa shape index (κ2) is 9.06. The van der Waals surface area contributed by atoms with E-state index in [-0.39, 0.29) is 0 Å². The van der Waals surface area contributed by atoms with Crippen LogP contribution in [0.15, 0.2) is 42.5 Å². The molecule has 0 aliphatic rings. The lowest BCUT2D eigenvalue weighted by Crippen LogP contribution is -2.40. The summed E-state index contributed by atoms with van der Waals surface area (Å²) >= 11 is 1.83. The predicted molar refractivity (Wildman–Crippen MR) is 97.2 cm³/mol. The van der Waals surface area contributed by atoms with Crippen molar-refractivity contribution >= 4 is 11.3 Å². The van der Waals surface area contributed by atoms with E-state index in [0.717, 1.165) is 18.7 Å². The fourth-order valence-corrected chi connectivity index (χ4v) is 3.38. The average Bonchev–Trinajstić information content (AvgIpc) is 2.97. The number of hydrogen-bond acceptors (Lipinski definition) is 4. The lowest BCUT2D eigenvalue weighted by atomic mass is 10.2.